The number of ether oxygens (including phenoxy) is 1. The predicted octanol–water partition coefficient (Wildman–Crippen LogP) is 3.49. The zero-order chi connectivity index (χ0) is 24.7. The van der Waals surface area contributed by atoms with Crippen molar-refractivity contribution in [2.75, 3.05) is 32.8 Å². The molecule has 0 N–H and O–H groups in total. The summed E-state index contributed by atoms with van der Waals surface area (Å²) in [6.45, 7) is 4.49. The maximum absolute atomic E-state index is 14.3. The van der Waals surface area contributed by atoms with E-state index in [4.69, 9.17) is 4.74 Å². The van der Waals surface area contributed by atoms with Gasteiger partial charge in [0.15, 0.2) is 6.61 Å². The number of hydrogen-bond acceptors (Lipinski definition) is 5. The molecule has 34 heavy (non-hydrogen) atoms. The number of rotatable bonds is 9. The van der Waals surface area contributed by atoms with Gasteiger partial charge in [-0.2, -0.15) is 4.31 Å². The number of benzene rings is 2. The second kappa shape index (κ2) is 11.6. The zero-order valence-corrected chi connectivity index (χ0v) is 20.4. The van der Waals surface area contributed by atoms with E-state index in [0.29, 0.717) is 19.0 Å². The highest BCUT2D eigenvalue weighted by atomic mass is 32.2. The van der Waals surface area contributed by atoms with Crippen LogP contribution in [0.25, 0.3) is 0 Å². The molecule has 0 radical (unpaired) electrons. The normalized spacial score (nSPS) is 14.9. The van der Waals surface area contributed by atoms with Crippen LogP contribution in [0.15, 0.2) is 53.4 Å². The van der Waals surface area contributed by atoms with E-state index in [1.165, 1.54) is 9.87 Å². The molecule has 0 aromatic heterocycles. The summed E-state index contributed by atoms with van der Waals surface area (Å²) in [6.07, 6.45) is 2.67. The van der Waals surface area contributed by atoms with Crippen molar-refractivity contribution in [2.24, 2.45) is 5.92 Å². The number of nitrogens with zero attached hydrogens (tertiary/aromatic N) is 2. The Bertz CT molecular complexity index is 1100. The van der Waals surface area contributed by atoms with Crippen molar-refractivity contribution in [1.29, 1.82) is 0 Å². The molecule has 0 spiro atoms. The van der Waals surface area contributed by atoms with E-state index < -0.39 is 34.0 Å². The third kappa shape index (κ3) is 6.21. The smallest absolute Gasteiger partial charge is 0.341 e. The molecule has 3 rings (SSSR count). The molecule has 1 heterocycles. The summed E-state index contributed by atoms with van der Waals surface area (Å²) in [7, 11) is -3.87. The summed E-state index contributed by atoms with van der Waals surface area (Å²) in [5, 5.41) is 0. The third-order valence-electron chi connectivity index (χ3n) is 6.16. The number of piperidine rings is 1. The monoisotopic (exact) mass is 490 g/mol. The zero-order valence-electron chi connectivity index (χ0n) is 19.6. The van der Waals surface area contributed by atoms with Gasteiger partial charge < -0.3 is 9.64 Å². The van der Waals surface area contributed by atoms with Crippen LogP contribution in [0.1, 0.15) is 42.6 Å². The second-order valence-corrected chi connectivity index (χ2v) is 10.3. The Kier molecular flexibility index (Phi) is 8.79. The number of esters is 1. The maximum atomic E-state index is 14.3. The SMILES string of the molecule is CCN(CC)S(=O)(=O)c1ccc(F)c(C(=O)OCC(=O)N2CCC(Cc3ccccc3)CC2)c1. The van der Waals surface area contributed by atoms with E-state index in [1.807, 2.05) is 18.2 Å². The van der Waals surface area contributed by atoms with Crippen molar-refractivity contribution in [1.82, 2.24) is 9.21 Å². The fraction of sp³-hybridized carbons (Fsp3) is 0.440. The molecule has 2 aromatic carbocycles. The maximum Gasteiger partial charge on any atom is 0.341 e. The van der Waals surface area contributed by atoms with Gasteiger partial charge in [0.2, 0.25) is 10.0 Å². The third-order valence-corrected chi connectivity index (χ3v) is 8.21. The molecular formula is C25H31FN2O5S. The molecule has 7 nitrogen and oxygen atoms in total. The van der Waals surface area contributed by atoms with Gasteiger partial charge in [0.25, 0.3) is 5.91 Å². The fourth-order valence-electron chi connectivity index (χ4n) is 4.16. The summed E-state index contributed by atoms with van der Waals surface area (Å²) in [5.41, 5.74) is 0.760. The minimum atomic E-state index is -3.87. The molecule has 0 saturated carbocycles. The average Bonchev–Trinajstić information content (AvgIpc) is 2.84. The number of hydrogen-bond donors (Lipinski definition) is 0. The minimum absolute atomic E-state index is 0.198. The van der Waals surface area contributed by atoms with Crippen LogP contribution in [-0.4, -0.2) is 62.3 Å². The van der Waals surface area contributed by atoms with E-state index in [-0.39, 0.29) is 23.9 Å². The van der Waals surface area contributed by atoms with Gasteiger partial charge >= 0.3 is 5.97 Å². The molecule has 0 unspecified atom stereocenters. The lowest BCUT2D eigenvalue weighted by Crippen LogP contribution is -2.41. The summed E-state index contributed by atoms with van der Waals surface area (Å²) in [4.78, 5) is 26.4. The standard InChI is InChI=1S/C25H31FN2O5S/c1-3-28(4-2)34(31,32)21-10-11-23(26)22(17-21)25(30)33-18-24(29)27-14-12-20(13-15-27)16-19-8-6-5-7-9-19/h5-11,17,20H,3-4,12-16,18H2,1-2H3. The second-order valence-electron chi connectivity index (χ2n) is 8.32. The van der Waals surface area contributed by atoms with Gasteiger partial charge in [0.05, 0.1) is 10.5 Å². The van der Waals surface area contributed by atoms with E-state index in [1.54, 1.807) is 18.7 Å². The summed E-state index contributed by atoms with van der Waals surface area (Å²) in [6, 6.07) is 13.2. The highest BCUT2D eigenvalue weighted by Gasteiger charge is 2.27. The molecular weight excluding hydrogens is 459 g/mol. The largest absolute Gasteiger partial charge is 0.452 e. The molecule has 9 heteroatoms. The molecule has 0 aliphatic carbocycles. The predicted molar refractivity (Wildman–Crippen MR) is 126 cm³/mol. The Morgan fingerprint density at radius 1 is 1.06 bits per heavy atom. The van der Waals surface area contributed by atoms with Crippen LogP contribution in [0.5, 0.6) is 0 Å². The highest BCUT2D eigenvalue weighted by molar-refractivity contribution is 7.89. The van der Waals surface area contributed by atoms with E-state index >= 15 is 0 Å². The molecule has 1 aliphatic rings. The Balaban J connectivity index is 1.56. The number of halogens is 1. The van der Waals surface area contributed by atoms with Gasteiger partial charge in [-0.05, 0) is 48.9 Å². The summed E-state index contributed by atoms with van der Waals surface area (Å²) >= 11 is 0. The number of likely N-dealkylation sites (tertiary alicyclic amines) is 1. The van der Waals surface area contributed by atoms with Crippen molar-refractivity contribution < 1.29 is 27.1 Å². The van der Waals surface area contributed by atoms with E-state index in [2.05, 4.69) is 12.1 Å². The molecule has 2 aromatic rings. The average molecular weight is 491 g/mol. The Hall–Kier alpha value is -2.78. The lowest BCUT2D eigenvalue weighted by Gasteiger charge is -2.32. The van der Waals surface area contributed by atoms with Crippen LogP contribution >= 0.6 is 0 Å². The van der Waals surface area contributed by atoms with Gasteiger partial charge in [-0.15, -0.1) is 0 Å². The first-order chi connectivity index (χ1) is 16.3. The number of carbonyl (C=O) groups excluding carboxylic acids is 2. The number of amides is 1. The molecule has 0 atom stereocenters. The van der Waals surface area contributed by atoms with Crippen LogP contribution < -0.4 is 0 Å². The first-order valence-electron chi connectivity index (χ1n) is 11.5. The first kappa shape index (κ1) is 25.8. The van der Waals surface area contributed by atoms with Gasteiger partial charge in [0.1, 0.15) is 5.82 Å². The molecule has 1 aliphatic heterocycles. The van der Waals surface area contributed by atoms with E-state index in [9.17, 15) is 22.4 Å². The topological polar surface area (TPSA) is 84.0 Å². The Labute approximate surface area is 200 Å². The minimum Gasteiger partial charge on any atom is -0.452 e. The molecule has 1 amide bonds. The lowest BCUT2D eigenvalue weighted by atomic mass is 9.90. The van der Waals surface area contributed by atoms with Crippen LogP contribution in [0.4, 0.5) is 4.39 Å². The molecule has 0 bridgehead atoms. The molecule has 1 fully saturated rings. The van der Waals surface area contributed by atoms with Crippen molar-refractivity contribution >= 4 is 21.9 Å². The van der Waals surface area contributed by atoms with Crippen LogP contribution in [0, 0.1) is 11.7 Å². The van der Waals surface area contributed by atoms with Gasteiger partial charge in [-0.1, -0.05) is 44.2 Å². The van der Waals surface area contributed by atoms with Crippen LogP contribution in [-0.2, 0) is 26.0 Å². The van der Waals surface area contributed by atoms with Crippen molar-refractivity contribution in [3.63, 3.8) is 0 Å². The number of sulfonamides is 1. The molecule has 184 valence electrons. The van der Waals surface area contributed by atoms with Crippen molar-refractivity contribution in [3.05, 3.63) is 65.5 Å². The van der Waals surface area contributed by atoms with Crippen molar-refractivity contribution in [2.45, 2.75) is 38.0 Å². The highest BCUT2D eigenvalue weighted by Crippen LogP contribution is 2.22. The van der Waals surface area contributed by atoms with Gasteiger partial charge in [-0.3, -0.25) is 4.79 Å². The first-order valence-corrected chi connectivity index (χ1v) is 13.0. The van der Waals surface area contributed by atoms with E-state index in [0.717, 1.165) is 37.5 Å². The fourth-order valence-corrected chi connectivity index (χ4v) is 5.65. The quantitative estimate of drug-likeness (QED) is 0.503. The van der Waals surface area contributed by atoms with Gasteiger partial charge in [0, 0.05) is 26.2 Å². The number of carbonyl (C=O) groups is 2. The van der Waals surface area contributed by atoms with Crippen LogP contribution in [0.3, 0.4) is 0 Å². The van der Waals surface area contributed by atoms with Crippen molar-refractivity contribution in [3.8, 4) is 0 Å². The van der Waals surface area contributed by atoms with Gasteiger partial charge in [-0.25, -0.2) is 17.6 Å². The lowest BCUT2D eigenvalue weighted by molar-refractivity contribution is -0.135. The summed E-state index contributed by atoms with van der Waals surface area (Å²) < 4.78 is 45.9. The Morgan fingerprint density at radius 2 is 1.71 bits per heavy atom. The summed E-state index contributed by atoms with van der Waals surface area (Å²) in [5.74, 6) is -1.84. The Morgan fingerprint density at radius 3 is 2.32 bits per heavy atom. The molecule has 1 saturated heterocycles. The van der Waals surface area contributed by atoms with Crippen LogP contribution in [0.2, 0.25) is 0 Å².